The molecule has 0 saturated carbocycles. The van der Waals surface area contributed by atoms with Crippen LogP contribution in [0.3, 0.4) is 0 Å². The summed E-state index contributed by atoms with van der Waals surface area (Å²) in [5.41, 5.74) is 1.79. The highest BCUT2D eigenvalue weighted by atomic mass is 19.1. The lowest BCUT2D eigenvalue weighted by Gasteiger charge is -2.45. The summed E-state index contributed by atoms with van der Waals surface area (Å²) in [4.78, 5) is 0. The van der Waals surface area contributed by atoms with E-state index in [2.05, 4.69) is 24.4 Å². The molecular weight excluding hydrogens is 325 g/mol. The first kappa shape index (κ1) is 19.1. The van der Waals surface area contributed by atoms with Gasteiger partial charge in [0.25, 0.3) is 0 Å². The zero-order valence-electron chi connectivity index (χ0n) is 15.8. The molecule has 3 unspecified atom stereocenters. The summed E-state index contributed by atoms with van der Waals surface area (Å²) in [6.45, 7) is 5.91. The lowest BCUT2D eigenvalue weighted by Crippen LogP contribution is -2.50. The van der Waals surface area contributed by atoms with Gasteiger partial charge in [0.05, 0.1) is 5.60 Å². The Kier molecular flexibility index (Phi) is 6.10. The summed E-state index contributed by atoms with van der Waals surface area (Å²) < 4.78 is 13.7. The Labute approximate surface area is 156 Å². The molecule has 0 spiro atoms. The third-order valence-electron chi connectivity index (χ3n) is 5.87. The van der Waals surface area contributed by atoms with Crippen LogP contribution in [0.25, 0.3) is 0 Å². The van der Waals surface area contributed by atoms with Crippen molar-refractivity contribution >= 4 is 0 Å². The molecule has 2 N–H and O–H groups in total. The zero-order chi connectivity index (χ0) is 18.6. The van der Waals surface area contributed by atoms with Crippen molar-refractivity contribution in [3.63, 3.8) is 0 Å². The molecule has 1 heterocycles. The van der Waals surface area contributed by atoms with E-state index >= 15 is 0 Å². The van der Waals surface area contributed by atoms with E-state index in [1.165, 1.54) is 12.1 Å². The van der Waals surface area contributed by atoms with E-state index in [1.54, 1.807) is 6.07 Å². The molecule has 1 saturated heterocycles. The van der Waals surface area contributed by atoms with Gasteiger partial charge >= 0.3 is 0 Å². The summed E-state index contributed by atoms with van der Waals surface area (Å²) in [5.74, 6) is 0.333. The van der Waals surface area contributed by atoms with Crippen LogP contribution in [-0.2, 0) is 12.0 Å². The van der Waals surface area contributed by atoms with E-state index in [0.29, 0.717) is 12.3 Å². The Morgan fingerprint density at radius 3 is 2.65 bits per heavy atom. The van der Waals surface area contributed by atoms with Crippen LogP contribution in [0, 0.1) is 24.6 Å². The maximum Gasteiger partial charge on any atom is 0.123 e. The van der Waals surface area contributed by atoms with Gasteiger partial charge in [0.2, 0.25) is 0 Å². The van der Waals surface area contributed by atoms with Gasteiger partial charge in [-0.25, -0.2) is 4.39 Å². The van der Waals surface area contributed by atoms with Gasteiger partial charge in [0, 0.05) is 18.9 Å². The molecule has 0 bridgehead atoms. The van der Waals surface area contributed by atoms with Gasteiger partial charge in [-0.2, -0.15) is 0 Å². The molecule has 3 rings (SSSR count). The molecular formula is C23H30FNO. The van der Waals surface area contributed by atoms with Crippen LogP contribution in [0.5, 0.6) is 0 Å². The van der Waals surface area contributed by atoms with E-state index in [-0.39, 0.29) is 11.7 Å². The SMILES string of the molecule is CCCC1CCNCC1C(O)(Cc1ccccc1)c1ccc(F)cc1C. The Bertz CT molecular complexity index is 715. The predicted octanol–water partition coefficient (Wildman–Crippen LogP) is 4.59. The first-order valence-corrected chi connectivity index (χ1v) is 9.78. The van der Waals surface area contributed by atoms with Crippen molar-refractivity contribution < 1.29 is 9.50 Å². The number of aryl methyl sites for hydroxylation is 1. The van der Waals surface area contributed by atoms with Crippen molar-refractivity contribution in [3.05, 3.63) is 71.0 Å². The molecule has 26 heavy (non-hydrogen) atoms. The smallest absolute Gasteiger partial charge is 0.123 e. The van der Waals surface area contributed by atoms with Crippen LogP contribution in [0.1, 0.15) is 42.9 Å². The summed E-state index contributed by atoms with van der Waals surface area (Å²) in [5, 5.41) is 15.5. The van der Waals surface area contributed by atoms with E-state index in [4.69, 9.17) is 0 Å². The number of benzene rings is 2. The van der Waals surface area contributed by atoms with Crippen LogP contribution < -0.4 is 5.32 Å². The van der Waals surface area contributed by atoms with Crippen molar-refractivity contribution in [2.24, 2.45) is 11.8 Å². The average Bonchev–Trinajstić information content (AvgIpc) is 2.63. The molecule has 0 aromatic heterocycles. The molecule has 0 radical (unpaired) electrons. The third-order valence-corrected chi connectivity index (χ3v) is 5.87. The second-order valence-electron chi connectivity index (χ2n) is 7.69. The Hall–Kier alpha value is -1.71. The van der Waals surface area contributed by atoms with Crippen molar-refractivity contribution in [3.8, 4) is 0 Å². The van der Waals surface area contributed by atoms with E-state index in [1.807, 2.05) is 25.1 Å². The minimum absolute atomic E-state index is 0.112. The molecule has 2 aromatic rings. The molecule has 1 aliphatic rings. The average molecular weight is 355 g/mol. The number of hydrogen-bond donors (Lipinski definition) is 2. The number of aliphatic hydroxyl groups is 1. The Morgan fingerprint density at radius 1 is 1.19 bits per heavy atom. The fourth-order valence-corrected chi connectivity index (χ4v) is 4.63. The van der Waals surface area contributed by atoms with Crippen LogP contribution in [0.2, 0.25) is 0 Å². The highest BCUT2D eigenvalue weighted by molar-refractivity contribution is 5.35. The van der Waals surface area contributed by atoms with Gasteiger partial charge in [-0.05, 0) is 54.6 Å². The standard InChI is InChI=1S/C23H30FNO/c1-3-7-19-12-13-25-16-22(19)23(26,15-18-8-5-4-6-9-18)21-11-10-20(24)14-17(21)2/h4-6,8-11,14,19,22,25-26H,3,7,12-13,15-16H2,1-2H3. The number of piperidine rings is 1. The topological polar surface area (TPSA) is 32.3 Å². The highest BCUT2D eigenvalue weighted by Crippen LogP contribution is 2.42. The van der Waals surface area contributed by atoms with Gasteiger partial charge < -0.3 is 10.4 Å². The van der Waals surface area contributed by atoms with Gasteiger partial charge in [0.15, 0.2) is 0 Å². The van der Waals surface area contributed by atoms with E-state index in [0.717, 1.165) is 49.0 Å². The Balaban J connectivity index is 2.05. The van der Waals surface area contributed by atoms with Crippen LogP contribution >= 0.6 is 0 Å². The van der Waals surface area contributed by atoms with Crippen molar-refractivity contribution in [2.45, 2.75) is 45.1 Å². The third kappa shape index (κ3) is 3.99. The molecule has 140 valence electrons. The molecule has 2 nitrogen and oxygen atoms in total. The summed E-state index contributed by atoms with van der Waals surface area (Å²) >= 11 is 0. The molecule has 1 aliphatic heterocycles. The van der Waals surface area contributed by atoms with Crippen molar-refractivity contribution in [2.75, 3.05) is 13.1 Å². The fraction of sp³-hybridized carbons (Fsp3) is 0.478. The maximum absolute atomic E-state index is 13.7. The van der Waals surface area contributed by atoms with Crippen molar-refractivity contribution in [1.29, 1.82) is 0 Å². The first-order valence-electron chi connectivity index (χ1n) is 9.78. The van der Waals surface area contributed by atoms with Crippen LogP contribution in [0.4, 0.5) is 4.39 Å². The monoisotopic (exact) mass is 355 g/mol. The minimum Gasteiger partial charge on any atom is -0.384 e. The Morgan fingerprint density at radius 2 is 1.96 bits per heavy atom. The quantitative estimate of drug-likeness (QED) is 0.794. The molecule has 3 atom stereocenters. The zero-order valence-corrected chi connectivity index (χ0v) is 15.8. The lowest BCUT2D eigenvalue weighted by molar-refractivity contribution is -0.0592. The van der Waals surface area contributed by atoms with Gasteiger partial charge in [-0.15, -0.1) is 0 Å². The second kappa shape index (κ2) is 8.32. The summed E-state index contributed by atoms with van der Waals surface area (Å²) in [6.07, 6.45) is 3.86. The number of rotatable bonds is 6. The number of hydrogen-bond acceptors (Lipinski definition) is 2. The lowest BCUT2D eigenvalue weighted by atomic mass is 9.67. The molecule has 2 aromatic carbocycles. The number of nitrogens with one attached hydrogen (secondary N) is 1. The minimum atomic E-state index is -1.01. The van der Waals surface area contributed by atoms with Crippen LogP contribution in [-0.4, -0.2) is 18.2 Å². The number of halogens is 1. The van der Waals surface area contributed by atoms with Gasteiger partial charge in [0.1, 0.15) is 5.82 Å². The van der Waals surface area contributed by atoms with Gasteiger partial charge in [-0.1, -0.05) is 56.2 Å². The van der Waals surface area contributed by atoms with Crippen LogP contribution in [0.15, 0.2) is 48.5 Å². The second-order valence-corrected chi connectivity index (χ2v) is 7.69. The maximum atomic E-state index is 13.7. The first-order chi connectivity index (χ1) is 12.5. The molecule has 0 amide bonds. The van der Waals surface area contributed by atoms with Crippen molar-refractivity contribution in [1.82, 2.24) is 5.32 Å². The molecule has 0 aliphatic carbocycles. The summed E-state index contributed by atoms with van der Waals surface area (Å²) in [6, 6.07) is 14.9. The predicted molar refractivity (Wildman–Crippen MR) is 105 cm³/mol. The largest absolute Gasteiger partial charge is 0.384 e. The normalized spacial score (nSPS) is 22.8. The fourth-order valence-electron chi connectivity index (χ4n) is 4.63. The van der Waals surface area contributed by atoms with Gasteiger partial charge in [-0.3, -0.25) is 0 Å². The highest BCUT2D eigenvalue weighted by Gasteiger charge is 2.44. The molecule has 3 heteroatoms. The van der Waals surface area contributed by atoms with E-state index < -0.39 is 5.60 Å². The molecule has 1 fully saturated rings. The van der Waals surface area contributed by atoms with E-state index in [9.17, 15) is 9.50 Å². The summed E-state index contributed by atoms with van der Waals surface area (Å²) in [7, 11) is 0.